The van der Waals surface area contributed by atoms with Crippen molar-refractivity contribution in [2.24, 2.45) is 4.99 Å². The molecule has 0 amide bonds. The van der Waals surface area contributed by atoms with Crippen molar-refractivity contribution in [3.63, 3.8) is 0 Å². The number of aliphatic imine (C=N–C) groups is 1. The van der Waals surface area contributed by atoms with Gasteiger partial charge < -0.3 is 10.6 Å². The zero-order chi connectivity index (χ0) is 21.8. The first-order chi connectivity index (χ1) is 14.2. The van der Waals surface area contributed by atoms with E-state index in [0.29, 0.717) is 50.7 Å². The van der Waals surface area contributed by atoms with Gasteiger partial charge in [-0.15, -0.1) is 0 Å². The first-order valence-electron chi connectivity index (χ1n) is 10.3. The molecular formula is C20H29F3N4O2S. The van der Waals surface area contributed by atoms with Gasteiger partial charge in [0.1, 0.15) is 0 Å². The summed E-state index contributed by atoms with van der Waals surface area (Å²) in [7, 11) is -3.14. The molecule has 0 unspecified atom stereocenters. The quantitative estimate of drug-likeness (QED) is 0.499. The van der Waals surface area contributed by atoms with E-state index in [1.165, 1.54) is 16.4 Å². The van der Waals surface area contributed by atoms with Gasteiger partial charge in [0, 0.05) is 31.6 Å². The molecule has 30 heavy (non-hydrogen) atoms. The van der Waals surface area contributed by atoms with Crippen molar-refractivity contribution in [2.75, 3.05) is 38.5 Å². The smallest absolute Gasteiger partial charge is 0.357 e. The summed E-state index contributed by atoms with van der Waals surface area (Å²) in [6.45, 7) is 4.26. The Morgan fingerprint density at radius 3 is 2.57 bits per heavy atom. The summed E-state index contributed by atoms with van der Waals surface area (Å²) in [4.78, 5) is 4.62. The third-order valence-corrected chi connectivity index (χ3v) is 7.81. The van der Waals surface area contributed by atoms with Crippen LogP contribution in [0.15, 0.2) is 29.3 Å². The molecule has 3 rings (SSSR count). The third-order valence-electron chi connectivity index (χ3n) is 5.85. The van der Waals surface area contributed by atoms with Gasteiger partial charge in [-0.3, -0.25) is 4.99 Å². The van der Waals surface area contributed by atoms with Gasteiger partial charge in [0.05, 0.1) is 17.9 Å². The summed E-state index contributed by atoms with van der Waals surface area (Å²) in [5, 5.41) is 6.27. The second-order valence-electron chi connectivity index (χ2n) is 7.90. The summed E-state index contributed by atoms with van der Waals surface area (Å²) >= 11 is 0. The van der Waals surface area contributed by atoms with Crippen molar-refractivity contribution in [3.05, 3.63) is 35.4 Å². The van der Waals surface area contributed by atoms with Gasteiger partial charge in [0.25, 0.3) is 0 Å². The molecule has 0 bridgehead atoms. The number of guanidine groups is 1. The zero-order valence-corrected chi connectivity index (χ0v) is 18.0. The fourth-order valence-corrected chi connectivity index (χ4v) is 5.51. The lowest BCUT2D eigenvalue weighted by molar-refractivity contribution is -0.137. The SMILES string of the molecule is CCNC(=NCC1(c2cccc(C(F)(F)F)c2)CCC1)NCCN1CCCS1(=O)=O. The zero-order valence-electron chi connectivity index (χ0n) is 17.1. The topological polar surface area (TPSA) is 73.8 Å². The largest absolute Gasteiger partial charge is 0.416 e. The number of rotatable bonds is 7. The van der Waals surface area contributed by atoms with Crippen molar-refractivity contribution >= 4 is 16.0 Å². The number of sulfonamides is 1. The molecule has 1 aliphatic heterocycles. The van der Waals surface area contributed by atoms with Crippen molar-refractivity contribution in [2.45, 2.75) is 44.2 Å². The van der Waals surface area contributed by atoms with Crippen LogP contribution in [-0.2, 0) is 21.6 Å². The maximum absolute atomic E-state index is 13.1. The Hall–Kier alpha value is -1.81. The molecular weight excluding hydrogens is 417 g/mol. The maximum atomic E-state index is 13.1. The van der Waals surface area contributed by atoms with Gasteiger partial charge in [-0.05, 0) is 37.8 Å². The van der Waals surface area contributed by atoms with Crippen LogP contribution in [0, 0.1) is 0 Å². The summed E-state index contributed by atoms with van der Waals surface area (Å²) < 4.78 is 64.6. The second kappa shape index (κ2) is 9.13. The highest BCUT2D eigenvalue weighted by Gasteiger charge is 2.40. The van der Waals surface area contributed by atoms with Gasteiger partial charge in [-0.25, -0.2) is 12.7 Å². The molecule has 1 aliphatic carbocycles. The Morgan fingerprint density at radius 2 is 2.00 bits per heavy atom. The predicted molar refractivity (Wildman–Crippen MR) is 111 cm³/mol. The Bertz CT molecular complexity index is 867. The third kappa shape index (κ3) is 5.26. The van der Waals surface area contributed by atoms with Crippen LogP contribution in [0.5, 0.6) is 0 Å². The molecule has 0 spiro atoms. The summed E-state index contributed by atoms with van der Waals surface area (Å²) in [5.41, 5.74) is -0.347. The first-order valence-corrected chi connectivity index (χ1v) is 11.9. The van der Waals surface area contributed by atoms with Crippen LogP contribution in [0.4, 0.5) is 13.2 Å². The lowest BCUT2D eigenvalue weighted by atomic mass is 9.64. The summed E-state index contributed by atoms with van der Waals surface area (Å²) in [6.07, 6.45) is -1.17. The normalized spacial score (nSPS) is 21.3. The van der Waals surface area contributed by atoms with E-state index in [1.54, 1.807) is 6.07 Å². The highest BCUT2D eigenvalue weighted by molar-refractivity contribution is 7.89. The van der Waals surface area contributed by atoms with Gasteiger partial charge in [-0.1, -0.05) is 24.6 Å². The summed E-state index contributed by atoms with van der Waals surface area (Å²) in [5.74, 6) is 0.744. The summed E-state index contributed by atoms with van der Waals surface area (Å²) in [6, 6.07) is 5.55. The number of benzene rings is 1. The lowest BCUT2D eigenvalue weighted by Gasteiger charge is -2.41. The number of hydrogen-bond acceptors (Lipinski definition) is 3. The molecule has 1 aromatic carbocycles. The van der Waals surface area contributed by atoms with Crippen molar-refractivity contribution in [1.29, 1.82) is 0 Å². The molecule has 1 aromatic rings. The molecule has 0 aromatic heterocycles. The van der Waals surface area contributed by atoms with E-state index in [4.69, 9.17) is 0 Å². The van der Waals surface area contributed by atoms with Crippen LogP contribution in [-0.4, -0.2) is 57.2 Å². The van der Waals surface area contributed by atoms with Crippen molar-refractivity contribution in [3.8, 4) is 0 Å². The Kier molecular flexibility index (Phi) is 6.96. The van der Waals surface area contributed by atoms with Crippen molar-refractivity contribution in [1.82, 2.24) is 14.9 Å². The van der Waals surface area contributed by atoms with Crippen molar-refractivity contribution < 1.29 is 21.6 Å². The minimum absolute atomic E-state index is 0.195. The van der Waals surface area contributed by atoms with E-state index in [2.05, 4.69) is 15.6 Å². The highest BCUT2D eigenvalue weighted by atomic mass is 32.2. The molecule has 1 saturated carbocycles. The van der Waals surface area contributed by atoms with Gasteiger partial charge in [0.2, 0.25) is 10.0 Å². The minimum Gasteiger partial charge on any atom is -0.357 e. The van der Waals surface area contributed by atoms with Crippen LogP contribution >= 0.6 is 0 Å². The van der Waals surface area contributed by atoms with E-state index >= 15 is 0 Å². The van der Waals surface area contributed by atoms with E-state index < -0.39 is 21.8 Å². The molecule has 6 nitrogen and oxygen atoms in total. The first kappa shape index (κ1) is 22.9. The molecule has 168 valence electrons. The number of hydrogen-bond donors (Lipinski definition) is 2. The van der Waals surface area contributed by atoms with Gasteiger partial charge in [-0.2, -0.15) is 13.2 Å². The lowest BCUT2D eigenvalue weighted by Crippen LogP contribution is -2.44. The molecule has 0 radical (unpaired) electrons. The van der Waals surface area contributed by atoms with E-state index in [0.717, 1.165) is 25.3 Å². The average molecular weight is 447 g/mol. The molecule has 0 atom stereocenters. The Labute approximate surface area is 176 Å². The maximum Gasteiger partial charge on any atom is 0.416 e. The second-order valence-corrected chi connectivity index (χ2v) is 9.99. The minimum atomic E-state index is -4.36. The Balaban J connectivity index is 1.66. The standard InChI is InChI=1S/C20H29F3N4O2S/c1-2-24-18(25-10-12-27-11-5-13-30(27,28)29)26-15-19(8-4-9-19)16-6-3-7-17(14-16)20(21,22)23/h3,6-7,14H,2,4-5,8-13,15H2,1H3,(H2,24,25,26). The molecule has 2 fully saturated rings. The average Bonchev–Trinajstić information content (AvgIpc) is 2.98. The predicted octanol–water partition coefficient (Wildman–Crippen LogP) is 2.72. The highest BCUT2D eigenvalue weighted by Crippen LogP contribution is 2.45. The van der Waals surface area contributed by atoms with Crippen LogP contribution in [0.25, 0.3) is 0 Å². The van der Waals surface area contributed by atoms with E-state index in [9.17, 15) is 21.6 Å². The number of nitrogens with one attached hydrogen (secondary N) is 2. The van der Waals surface area contributed by atoms with Gasteiger partial charge in [0.15, 0.2) is 5.96 Å². The van der Waals surface area contributed by atoms with Crippen LogP contribution in [0.3, 0.4) is 0 Å². The molecule has 1 saturated heterocycles. The fourth-order valence-electron chi connectivity index (χ4n) is 3.98. The fraction of sp³-hybridized carbons (Fsp3) is 0.650. The molecule has 10 heteroatoms. The molecule has 1 heterocycles. The number of alkyl halides is 3. The molecule has 2 N–H and O–H groups in total. The van der Waals surface area contributed by atoms with E-state index in [1.807, 2.05) is 6.92 Å². The van der Waals surface area contributed by atoms with Crippen LogP contribution in [0.2, 0.25) is 0 Å². The number of halogens is 3. The van der Waals surface area contributed by atoms with E-state index in [-0.39, 0.29) is 11.2 Å². The Morgan fingerprint density at radius 1 is 1.23 bits per heavy atom. The molecule has 2 aliphatic rings. The van der Waals surface area contributed by atoms with Crippen LogP contribution in [0.1, 0.15) is 43.7 Å². The van der Waals surface area contributed by atoms with Gasteiger partial charge >= 0.3 is 6.18 Å². The number of nitrogens with zero attached hydrogens (tertiary/aromatic N) is 2. The monoisotopic (exact) mass is 446 g/mol. The van der Waals surface area contributed by atoms with Crippen LogP contribution < -0.4 is 10.6 Å².